The van der Waals surface area contributed by atoms with Crippen LogP contribution in [0, 0.1) is 0 Å². The number of aromatic nitrogens is 1. The molecular weight excluding hydrogens is 302 g/mol. The Kier molecular flexibility index (Phi) is 5.59. The number of hydrogen-bond acceptors (Lipinski definition) is 2. The highest BCUT2D eigenvalue weighted by Gasteiger charge is 2.14. The Morgan fingerprint density at radius 3 is 2.57 bits per heavy atom. The van der Waals surface area contributed by atoms with Gasteiger partial charge >= 0.3 is 0 Å². The van der Waals surface area contributed by atoms with E-state index in [2.05, 4.69) is 45.9 Å². The molecule has 23 heavy (non-hydrogen) atoms. The van der Waals surface area contributed by atoms with E-state index in [1.807, 2.05) is 18.2 Å². The van der Waals surface area contributed by atoms with Gasteiger partial charge in [0.05, 0.1) is 0 Å². The molecule has 1 aliphatic carbocycles. The molecule has 0 spiro atoms. The fourth-order valence-electron chi connectivity index (χ4n) is 3.04. The molecule has 2 N–H and O–H groups in total. The Labute approximate surface area is 143 Å². The smallest absolute Gasteiger partial charge is 0.172 e. The minimum Gasteiger partial charge on any atom is -0.360 e. The molecule has 0 unspecified atom stereocenters. The van der Waals surface area contributed by atoms with Gasteiger partial charge in [0.25, 0.3) is 0 Å². The zero-order valence-electron chi connectivity index (χ0n) is 13.3. The van der Waals surface area contributed by atoms with Crippen LogP contribution < -0.4 is 10.6 Å². The van der Waals surface area contributed by atoms with Crippen molar-refractivity contribution in [1.82, 2.24) is 10.3 Å². The summed E-state index contributed by atoms with van der Waals surface area (Å²) in [5.74, 6) is 0.812. The van der Waals surface area contributed by atoms with Crippen LogP contribution >= 0.6 is 12.2 Å². The van der Waals surface area contributed by atoms with Crippen molar-refractivity contribution in [1.29, 1.82) is 0 Å². The lowest BCUT2D eigenvalue weighted by atomic mass is 9.96. The minimum absolute atomic E-state index is 0.510. The Morgan fingerprint density at radius 1 is 1.00 bits per heavy atom. The lowest BCUT2D eigenvalue weighted by Crippen LogP contribution is -2.39. The highest BCUT2D eigenvalue weighted by molar-refractivity contribution is 7.80. The summed E-state index contributed by atoms with van der Waals surface area (Å²) in [5, 5.41) is 7.32. The van der Waals surface area contributed by atoms with Crippen LogP contribution in [0.3, 0.4) is 0 Å². The van der Waals surface area contributed by atoms with Crippen LogP contribution in [-0.4, -0.2) is 16.1 Å². The van der Waals surface area contributed by atoms with Crippen LogP contribution in [-0.2, 0) is 6.42 Å². The highest BCUT2D eigenvalue weighted by atomic mass is 32.1. The normalized spacial score (nSPS) is 15.1. The highest BCUT2D eigenvalue weighted by Crippen LogP contribution is 2.17. The molecular formula is C19H23N3S. The van der Waals surface area contributed by atoms with Gasteiger partial charge in [-0.3, -0.25) is 0 Å². The third-order valence-electron chi connectivity index (χ3n) is 4.22. The molecule has 0 radical (unpaired) electrons. The summed E-state index contributed by atoms with van der Waals surface area (Å²) in [4.78, 5) is 4.66. The van der Waals surface area contributed by atoms with Crippen molar-refractivity contribution < 1.29 is 0 Å². The van der Waals surface area contributed by atoms with Crippen molar-refractivity contribution in [2.45, 2.75) is 44.6 Å². The molecule has 3 rings (SSSR count). The number of pyridine rings is 1. The molecule has 0 aliphatic heterocycles. The van der Waals surface area contributed by atoms with E-state index in [1.54, 1.807) is 0 Å². The van der Waals surface area contributed by atoms with Crippen LogP contribution in [0.5, 0.6) is 0 Å². The first-order valence-corrected chi connectivity index (χ1v) is 8.78. The molecule has 1 fully saturated rings. The Bertz CT molecular complexity index is 636. The van der Waals surface area contributed by atoms with Crippen molar-refractivity contribution >= 4 is 23.1 Å². The van der Waals surface area contributed by atoms with Gasteiger partial charge < -0.3 is 10.6 Å². The second kappa shape index (κ2) is 8.06. The van der Waals surface area contributed by atoms with Gasteiger partial charge in [0.2, 0.25) is 0 Å². The third kappa shape index (κ3) is 5.03. The number of rotatable bonds is 4. The van der Waals surface area contributed by atoms with Gasteiger partial charge in [-0.2, -0.15) is 0 Å². The zero-order chi connectivity index (χ0) is 15.9. The fourth-order valence-corrected chi connectivity index (χ4v) is 3.31. The number of thiocarbonyl (C=S) groups is 1. The van der Waals surface area contributed by atoms with Gasteiger partial charge in [-0.1, -0.05) is 55.7 Å². The Morgan fingerprint density at radius 2 is 1.78 bits per heavy atom. The molecule has 120 valence electrons. The average Bonchev–Trinajstić information content (AvgIpc) is 2.57. The molecule has 0 saturated heterocycles. The summed E-state index contributed by atoms with van der Waals surface area (Å²) in [5.41, 5.74) is 2.31. The second-order valence-corrected chi connectivity index (χ2v) is 6.52. The second-order valence-electron chi connectivity index (χ2n) is 6.11. The fraction of sp³-hybridized carbons (Fsp3) is 0.368. The molecule has 0 bridgehead atoms. The molecule has 1 heterocycles. The quantitative estimate of drug-likeness (QED) is 0.822. The number of nitrogens with one attached hydrogen (secondary N) is 2. The summed E-state index contributed by atoms with van der Waals surface area (Å²) in [6, 6.07) is 16.9. The molecule has 4 heteroatoms. The maximum Gasteiger partial charge on any atom is 0.172 e. The molecule has 0 atom stereocenters. The molecule has 1 aliphatic rings. The zero-order valence-corrected chi connectivity index (χ0v) is 14.1. The average molecular weight is 325 g/mol. The lowest BCUT2D eigenvalue weighted by Gasteiger charge is -2.24. The molecule has 3 nitrogen and oxygen atoms in total. The van der Waals surface area contributed by atoms with Gasteiger partial charge in [0, 0.05) is 18.2 Å². The van der Waals surface area contributed by atoms with E-state index in [0.717, 1.165) is 17.9 Å². The van der Waals surface area contributed by atoms with Gasteiger partial charge in [0.1, 0.15) is 5.82 Å². The third-order valence-corrected chi connectivity index (χ3v) is 4.44. The van der Waals surface area contributed by atoms with E-state index in [1.165, 1.54) is 37.7 Å². The number of anilines is 1. The van der Waals surface area contributed by atoms with Crippen molar-refractivity contribution in [2.24, 2.45) is 0 Å². The SMILES string of the molecule is S=C(Nc1cccc(Cc2ccccc2)n1)NC1CCCCC1. The molecule has 1 saturated carbocycles. The van der Waals surface area contributed by atoms with E-state index in [9.17, 15) is 0 Å². The predicted molar refractivity (Wildman–Crippen MR) is 99.7 cm³/mol. The van der Waals surface area contributed by atoms with E-state index >= 15 is 0 Å². The minimum atomic E-state index is 0.510. The Balaban J connectivity index is 1.57. The number of nitrogens with zero attached hydrogens (tertiary/aromatic N) is 1. The molecule has 1 aromatic carbocycles. The maximum absolute atomic E-state index is 5.43. The summed E-state index contributed by atoms with van der Waals surface area (Å²) in [6.07, 6.45) is 7.20. The standard InChI is InChI=1S/C19H23N3S/c23-19(21-16-10-5-2-6-11-16)22-18-13-7-12-17(20-18)14-15-8-3-1-4-9-15/h1,3-4,7-9,12-13,16H,2,5-6,10-11,14H2,(H2,20,21,22,23). The molecule has 0 amide bonds. The topological polar surface area (TPSA) is 37.0 Å². The lowest BCUT2D eigenvalue weighted by molar-refractivity contribution is 0.415. The van der Waals surface area contributed by atoms with E-state index < -0.39 is 0 Å². The van der Waals surface area contributed by atoms with Gasteiger partial charge in [-0.25, -0.2) is 4.98 Å². The first kappa shape index (κ1) is 15.9. The van der Waals surface area contributed by atoms with Gasteiger partial charge in [-0.15, -0.1) is 0 Å². The summed E-state index contributed by atoms with van der Waals surface area (Å²) < 4.78 is 0. The van der Waals surface area contributed by atoms with Gasteiger partial charge in [0.15, 0.2) is 5.11 Å². The van der Waals surface area contributed by atoms with Gasteiger partial charge in [-0.05, 0) is 42.8 Å². The number of benzene rings is 1. The number of hydrogen-bond donors (Lipinski definition) is 2. The molecule has 1 aromatic heterocycles. The summed E-state index contributed by atoms with van der Waals surface area (Å²) >= 11 is 5.43. The van der Waals surface area contributed by atoms with E-state index in [4.69, 9.17) is 12.2 Å². The first-order valence-electron chi connectivity index (χ1n) is 8.37. The van der Waals surface area contributed by atoms with Crippen LogP contribution in [0.2, 0.25) is 0 Å². The van der Waals surface area contributed by atoms with E-state index in [-0.39, 0.29) is 0 Å². The van der Waals surface area contributed by atoms with Crippen molar-refractivity contribution in [2.75, 3.05) is 5.32 Å². The largest absolute Gasteiger partial charge is 0.360 e. The monoisotopic (exact) mass is 325 g/mol. The van der Waals surface area contributed by atoms with E-state index in [0.29, 0.717) is 11.2 Å². The van der Waals surface area contributed by atoms with Crippen molar-refractivity contribution in [3.8, 4) is 0 Å². The van der Waals surface area contributed by atoms with Crippen molar-refractivity contribution in [3.63, 3.8) is 0 Å². The first-order chi connectivity index (χ1) is 11.3. The van der Waals surface area contributed by atoms with Crippen LogP contribution in [0.1, 0.15) is 43.4 Å². The van der Waals surface area contributed by atoms with Crippen LogP contribution in [0.15, 0.2) is 48.5 Å². The van der Waals surface area contributed by atoms with Crippen molar-refractivity contribution in [3.05, 3.63) is 59.8 Å². The molecule has 2 aromatic rings. The summed E-state index contributed by atoms with van der Waals surface area (Å²) in [7, 11) is 0. The summed E-state index contributed by atoms with van der Waals surface area (Å²) in [6.45, 7) is 0. The Hall–Kier alpha value is -1.94. The van der Waals surface area contributed by atoms with Crippen LogP contribution in [0.4, 0.5) is 5.82 Å². The predicted octanol–water partition coefficient (Wildman–Crippen LogP) is 4.29. The van der Waals surface area contributed by atoms with Crippen LogP contribution in [0.25, 0.3) is 0 Å². The maximum atomic E-state index is 5.43.